The molecule has 0 amide bonds. The molecule has 0 aliphatic carbocycles. The maximum atomic E-state index is 5.87. The van der Waals surface area contributed by atoms with Crippen molar-refractivity contribution >= 4 is 16.6 Å². The first-order chi connectivity index (χ1) is 8.84. The Hall–Kier alpha value is -2.69. The third-order valence-corrected chi connectivity index (χ3v) is 2.51. The Morgan fingerprint density at radius 2 is 1.94 bits per heavy atom. The molecule has 0 saturated carbocycles. The smallest absolute Gasteiger partial charge is 0.237 e. The summed E-state index contributed by atoms with van der Waals surface area (Å²) in [6.07, 6.45) is 6.42. The number of hydrogen-bond acceptors (Lipinski definition) is 5. The summed E-state index contributed by atoms with van der Waals surface area (Å²) in [5, 5.41) is 0.850. The molecule has 1 aromatic carbocycles. The third-order valence-electron chi connectivity index (χ3n) is 2.51. The summed E-state index contributed by atoms with van der Waals surface area (Å²) in [6.45, 7) is 0. The summed E-state index contributed by atoms with van der Waals surface area (Å²) in [4.78, 5) is 12.3. The van der Waals surface area contributed by atoms with E-state index in [9.17, 15) is 0 Å². The van der Waals surface area contributed by atoms with E-state index in [0.717, 1.165) is 10.9 Å². The molecular weight excluding hydrogens is 228 g/mol. The van der Waals surface area contributed by atoms with Gasteiger partial charge in [0.15, 0.2) is 0 Å². The van der Waals surface area contributed by atoms with Gasteiger partial charge in [0, 0.05) is 24.0 Å². The van der Waals surface area contributed by atoms with Gasteiger partial charge >= 0.3 is 0 Å². The summed E-state index contributed by atoms with van der Waals surface area (Å²) in [5.74, 6) is 1.10. The summed E-state index contributed by atoms with van der Waals surface area (Å²) < 4.78 is 5.68. The number of nitrogens with zero attached hydrogens (tertiary/aromatic N) is 3. The fraction of sp³-hybridized carbons (Fsp3) is 0. The summed E-state index contributed by atoms with van der Waals surface area (Å²) in [5.41, 5.74) is 7.22. The van der Waals surface area contributed by atoms with Crippen molar-refractivity contribution in [1.82, 2.24) is 15.0 Å². The lowest BCUT2D eigenvalue weighted by molar-refractivity contribution is 0.465. The average Bonchev–Trinajstić information content (AvgIpc) is 2.44. The van der Waals surface area contributed by atoms with Gasteiger partial charge in [-0.1, -0.05) is 0 Å². The first-order valence-electron chi connectivity index (χ1n) is 5.41. The van der Waals surface area contributed by atoms with Crippen LogP contribution in [-0.4, -0.2) is 15.0 Å². The fourth-order valence-electron chi connectivity index (χ4n) is 1.71. The number of benzene rings is 1. The number of nitrogens with two attached hydrogens (primary N) is 1. The molecule has 2 N–H and O–H groups in total. The number of ether oxygens (including phenoxy) is 1. The van der Waals surface area contributed by atoms with Crippen LogP contribution in [0.2, 0.25) is 0 Å². The van der Waals surface area contributed by atoms with E-state index in [1.165, 1.54) is 0 Å². The number of hydrogen-bond donors (Lipinski definition) is 1. The highest BCUT2D eigenvalue weighted by molar-refractivity contribution is 5.93. The van der Waals surface area contributed by atoms with Gasteiger partial charge in [-0.3, -0.25) is 9.97 Å². The van der Waals surface area contributed by atoms with Gasteiger partial charge in [0.25, 0.3) is 0 Å². The predicted molar refractivity (Wildman–Crippen MR) is 68.3 cm³/mol. The predicted octanol–water partition coefficient (Wildman–Crippen LogP) is 2.40. The number of aromatic nitrogens is 3. The fourth-order valence-corrected chi connectivity index (χ4v) is 1.71. The van der Waals surface area contributed by atoms with E-state index in [4.69, 9.17) is 10.5 Å². The molecule has 0 atom stereocenters. The van der Waals surface area contributed by atoms with Crippen molar-refractivity contribution in [1.29, 1.82) is 0 Å². The van der Waals surface area contributed by atoms with E-state index in [1.54, 1.807) is 36.9 Å². The van der Waals surface area contributed by atoms with Crippen molar-refractivity contribution in [2.75, 3.05) is 5.73 Å². The largest absolute Gasteiger partial charge is 0.437 e. The Balaban J connectivity index is 2.10. The summed E-state index contributed by atoms with van der Waals surface area (Å²) in [7, 11) is 0. The van der Waals surface area contributed by atoms with Gasteiger partial charge in [-0.05, 0) is 24.3 Å². The summed E-state index contributed by atoms with van der Waals surface area (Å²) >= 11 is 0. The van der Waals surface area contributed by atoms with E-state index in [-0.39, 0.29) is 0 Å². The van der Waals surface area contributed by atoms with Gasteiger partial charge < -0.3 is 10.5 Å². The lowest BCUT2D eigenvalue weighted by Gasteiger charge is -2.08. The zero-order valence-corrected chi connectivity index (χ0v) is 9.45. The second-order valence-corrected chi connectivity index (χ2v) is 3.70. The van der Waals surface area contributed by atoms with Crippen molar-refractivity contribution in [3.8, 4) is 11.6 Å². The Labute approximate surface area is 103 Å². The minimum Gasteiger partial charge on any atom is -0.437 e. The van der Waals surface area contributed by atoms with Crippen LogP contribution in [0.4, 0.5) is 5.69 Å². The highest BCUT2D eigenvalue weighted by Gasteiger charge is 2.07. The van der Waals surface area contributed by atoms with Crippen molar-refractivity contribution < 1.29 is 4.74 Å². The average molecular weight is 238 g/mol. The number of fused-ring (bicyclic) bond motifs is 1. The van der Waals surface area contributed by atoms with Crippen LogP contribution in [0.1, 0.15) is 0 Å². The monoisotopic (exact) mass is 238 g/mol. The van der Waals surface area contributed by atoms with Crippen LogP contribution in [0.3, 0.4) is 0 Å². The van der Waals surface area contributed by atoms with Crippen LogP contribution in [0, 0.1) is 0 Å². The molecule has 5 heteroatoms. The first-order valence-corrected chi connectivity index (χ1v) is 5.41. The second-order valence-electron chi connectivity index (χ2n) is 3.70. The van der Waals surface area contributed by atoms with Gasteiger partial charge in [-0.25, -0.2) is 4.98 Å². The molecule has 0 spiro atoms. The standard InChI is InChI=1S/C13H10N4O/c14-10-3-4-11(9-2-1-5-17-13(9)10)18-12-8-15-6-7-16-12/h1-8H,14H2. The molecule has 0 fully saturated rings. The molecule has 0 bridgehead atoms. The minimum atomic E-state index is 0.437. The van der Waals surface area contributed by atoms with E-state index in [1.807, 2.05) is 12.1 Å². The third kappa shape index (κ3) is 1.82. The zero-order chi connectivity index (χ0) is 12.4. The van der Waals surface area contributed by atoms with Crippen LogP contribution in [0.15, 0.2) is 49.1 Å². The molecule has 0 radical (unpaired) electrons. The summed E-state index contributed by atoms with van der Waals surface area (Å²) in [6, 6.07) is 7.31. The molecule has 0 aliphatic heterocycles. The highest BCUT2D eigenvalue weighted by atomic mass is 16.5. The second kappa shape index (κ2) is 4.29. The molecule has 0 saturated heterocycles. The minimum absolute atomic E-state index is 0.437. The molecule has 2 heterocycles. The molecule has 0 aliphatic rings. The van der Waals surface area contributed by atoms with Crippen molar-refractivity contribution in [3.63, 3.8) is 0 Å². The Morgan fingerprint density at radius 3 is 2.78 bits per heavy atom. The lowest BCUT2D eigenvalue weighted by Crippen LogP contribution is -1.93. The molecule has 5 nitrogen and oxygen atoms in total. The van der Waals surface area contributed by atoms with Crippen LogP contribution in [0.25, 0.3) is 10.9 Å². The molecule has 88 valence electrons. The van der Waals surface area contributed by atoms with E-state index >= 15 is 0 Å². The normalized spacial score (nSPS) is 10.4. The topological polar surface area (TPSA) is 73.9 Å². The Bertz CT molecular complexity index is 685. The van der Waals surface area contributed by atoms with Gasteiger partial charge in [-0.15, -0.1) is 0 Å². The van der Waals surface area contributed by atoms with Gasteiger partial charge in [0.05, 0.1) is 17.4 Å². The Morgan fingerprint density at radius 1 is 1.00 bits per heavy atom. The molecule has 0 unspecified atom stereocenters. The lowest BCUT2D eigenvalue weighted by atomic mass is 10.2. The van der Waals surface area contributed by atoms with Gasteiger partial charge in [0.1, 0.15) is 5.75 Å². The molecule has 3 aromatic rings. The molecule has 3 rings (SSSR count). The molecule has 2 aromatic heterocycles. The maximum absolute atomic E-state index is 5.87. The SMILES string of the molecule is Nc1ccc(Oc2cnccn2)c2cccnc12. The number of nitrogen functional groups attached to an aromatic ring is 1. The quantitative estimate of drug-likeness (QED) is 0.694. The molecular formula is C13H10N4O. The number of rotatable bonds is 2. The van der Waals surface area contributed by atoms with Crippen LogP contribution >= 0.6 is 0 Å². The number of anilines is 1. The van der Waals surface area contributed by atoms with E-state index in [0.29, 0.717) is 17.3 Å². The highest BCUT2D eigenvalue weighted by Crippen LogP contribution is 2.30. The first kappa shape index (κ1) is 10.5. The van der Waals surface area contributed by atoms with E-state index < -0.39 is 0 Å². The number of pyridine rings is 1. The van der Waals surface area contributed by atoms with Crippen molar-refractivity contribution in [2.45, 2.75) is 0 Å². The van der Waals surface area contributed by atoms with Crippen LogP contribution in [0.5, 0.6) is 11.6 Å². The van der Waals surface area contributed by atoms with E-state index in [2.05, 4.69) is 15.0 Å². The van der Waals surface area contributed by atoms with Gasteiger partial charge in [-0.2, -0.15) is 0 Å². The van der Waals surface area contributed by atoms with Gasteiger partial charge in [0.2, 0.25) is 5.88 Å². The Kier molecular flexibility index (Phi) is 2.49. The zero-order valence-electron chi connectivity index (χ0n) is 9.45. The van der Waals surface area contributed by atoms with Crippen molar-refractivity contribution in [2.24, 2.45) is 0 Å². The molecule has 18 heavy (non-hydrogen) atoms. The van der Waals surface area contributed by atoms with Crippen molar-refractivity contribution in [3.05, 3.63) is 49.1 Å². The van der Waals surface area contributed by atoms with Crippen LogP contribution in [-0.2, 0) is 0 Å². The van der Waals surface area contributed by atoms with Crippen LogP contribution < -0.4 is 10.5 Å². The maximum Gasteiger partial charge on any atom is 0.237 e.